The van der Waals surface area contributed by atoms with Crippen LogP contribution in [0.5, 0.6) is 0 Å². The molecular weight excluding hydrogens is 386 g/mol. The molecule has 6 nitrogen and oxygen atoms in total. The lowest BCUT2D eigenvalue weighted by Gasteiger charge is -2.36. The van der Waals surface area contributed by atoms with Gasteiger partial charge in [0.2, 0.25) is 15.9 Å². The summed E-state index contributed by atoms with van der Waals surface area (Å²) in [6, 6.07) is 16.2. The van der Waals surface area contributed by atoms with Crippen molar-refractivity contribution >= 4 is 21.6 Å². The highest BCUT2D eigenvalue weighted by atomic mass is 32.2. The standard InChI is InChI=1S/C22H23N3O3S/c23-16-19-7-2-4-10-21(19)29(27,28)24-14-11-18(12-15-24)22(26)25-13-5-8-17-6-1-3-9-20(17)25/h1-4,6-7,9-10,18H,5,8,11-15H2. The minimum atomic E-state index is -3.74. The molecule has 0 spiro atoms. The molecule has 0 unspecified atom stereocenters. The van der Waals surface area contributed by atoms with E-state index in [1.807, 2.05) is 29.2 Å². The van der Waals surface area contributed by atoms with E-state index in [1.54, 1.807) is 12.1 Å². The van der Waals surface area contributed by atoms with E-state index in [9.17, 15) is 18.5 Å². The highest BCUT2D eigenvalue weighted by Crippen LogP contribution is 2.31. The van der Waals surface area contributed by atoms with Gasteiger partial charge in [-0.15, -0.1) is 0 Å². The monoisotopic (exact) mass is 409 g/mol. The summed E-state index contributed by atoms with van der Waals surface area (Å²) >= 11 is 0. The minimum Gasteiger partial charge on any atom is -0.312 e. The van der Waals surface area contributed by atoms with Crippen molar-refractivity contribution in [3.8, 4) is 6.07 Å². The molecular formula is C22H23N3O3S. The zero-order valence-corrected chi connectivity index (χ0v) is 16.9. The average Bonchev–Trinajstić information content (AvgIpc) is 2.78. The van der Waals surface area contributed by atoms with E-state index in [0.29, 0.717) is 19.4 Å². The van der Waals surface area contributed by atoms with Gasteiger partial charge in [0.05, 0.1) is 10.5 Å². The van der Waals surface area contributed by atoms with Gasteiger partial charge < -0.3 is 4.90 Å². The highest BCUT2D eigenvalue weighted by Gasteiger charge is 2.35. The molecule has 0 atom stereocenters. The van der Waals surface area contributed by atoms with Crippen LogP contribution in [0.4, 0.5) is 5.69 Å². The number of anilines is 1. The molecule has 0 bridgehead atoms. The van der Waals surface area contributed by atoms with Gasteiger partial charge in [-0.1, -0.05) is 30.3 Å². The van der Waals surface area contributed by atoms with E-state index in [2.05, 4.69) is 6.07 Å². The van der Waals surface area contributed by atoms with Crippen LogP contribution in [0.15, 0.2) is 53.4 Å². The third-order valence-corrected chi connectivity index (χ3v) is 7.76. The van der Waals surface area contributed by atoms with Crippen LogP contribution in [-0.4, -0.2) is 38.3 Å². The van der Waals surface area contributed by atoms with Crippen LogP contribution in [0.3, 0.4) is 0 Å². The Bertz CT molecular complexity index is 1070. The van der Waals surface area contributed by atoms with E-state index in [0.717, 1.165) is 18.5 Å². The Morgan fingerprint density at radius 3 is 2.45 bits per heavy atom. The number of rotatable bonds is 3. The number of aryl methyl sites for hydroxylation is 1. The van der Waals surface area contributed by atoms with Crippen molar-refractivity contribution in [2.45, 2.75) is 30.6 Å². The van der Waals surface area contributed by atoms with Crippen LogP contribution in [0, 0.1) is 17.2 Å². The maximum Gasteiger partial charge on any atom is 0.244 e. The molecule has 0 aromatic heterocycles. The Kier molecular flexibility index (Phi) is 5.39. The Balaban J connectivity index is 1.48. The smallest absolute Gasteiger partial charge is 0.244 e. The second-order valence-corrected chi connectivity index (χ2v) is 9.41. The molecule has 7 heteroatoms. The Labute approximate surface area is 171 Å². The number of amides is 1. The molecule has 2 aliphatic rings. The van der Waals surface area contributed by atoms with Gasteiger partial charge in [0.25, 0.3) is 0 Å². The lowest BCUT2D eigenvalue weighted by Crippen LogP contribution is -2.45. The third-order valence-electron chi connectivity index (χ3n) is 5.80. The van der Waals surface area contributed by atoms with Gasteiger partial charge in [0.15, 0.2) is 0 Å². The van der Waals surface area contributed by atoms with Crippen LogP contribution in [0.1, 0.15) is 30.4 Å². The van der Waals surface area contributed by atoms with Crippen molar-refractivity contribution in [1.29, 1.82) is 5.26 Å². The maximum absolute atomic E-state index is 13.2. The number of benzene rings is 2. The predicted octanol–water partition coefficient (Wildman–Crippen LogP) is 2.94. The topological polar surface area (TPSA) is 81.5 Å². The summed E-state index contributed by atoms with van der Waals surface area (Å²) in [7, 11) is -3.74. The van der Waals surface area contributed by atoms with Crippen molar-refractivity contribution in [2.75, 3.05) is 24.5 Å². The predicted molar refractivity (Wildman–Crippen MR) is 110 cm³/mol. The average molecular weight is 410 g/mol. The maximum atomic E-state index is 13.2. The summed E-state index contributed by atoms with van der Waals surface area (Å²) in [4.78, 5) is 15.1. The molecule has 1 saturated heterocycles. The van der Waals surface area contributed by atoms with Crippen molar-refractivity contribution in [3.63, 3.8) is 0 Å². The molecule has 0 N–H and O–H groups in total. The zero-order chi connectivity index (χ0) is 20.4. The molecule has 0 radical (unpaired) electrons. The summed E-state index contributed by atoms with van der Waals surface area (Å²) in [5.74, 6) is -0.0922. The third kappa shape index (κ3) is 3.66. The molecule has 29 heavy (non-hydrogen) atoms. The second kappa shape index (κ2) is 7.97. The molecule has 0 aliphatic carbocycles. The summed E-state index contributed by atoms with van der Waals surface area (Å²) in [5.41, 5.74) is 2.33. The first-order valence-electron chi connectivity index (χ1n) is 9.91. The number of carbonyl (C=O) groups excluding carboxylic acids is 1. The van der Waals surface area contributed by atoms with Crippen LogP contribution in [-0.2, 0) is 21.2 Å². The van der Waals surface area contributed by atoms with E-state index in [4.69, 9.17) is 0 Å². The number of para-hydroxylation sites is 1. The molecule has 0 saturated carbocycles. The molecule has 2 heterocycles. The van der Waals surface area contributed by atoms with Gasteiger partial charge >= 0.3 is 0 Å². The molecule has 2 aromatic rings. The van der Waals surface area contributed by atoms with Gasteiger partial charge in [-0.2, -0.15) is 9.57 Å². The van der Waals surface area contributed by atoms with Gasteiger partial charge in [-0.05, 0) is 49.4 Å². The molecule has 150 valence electrons. The Hall–Kier alpha value is -2.69. The number of carbonyl (C=O) groups is 1. The minimum absolute atomic E-state index is 0.0391. The van der Waals surface area contributed by atoms with Crippen molar-refractivity contribution in [3.05, 3.63) is 59.7 Å². The van der Waals surface area contributed by atoms with Crippen LogP contribution < -0.4 is 4.90 Å². The SMILES string of the molecule is N#Cc1ccccc1S(=O)(=O)N1CCC(C(=O)N2CCCc3ccccc32)CC1. The summed E-state index contributed by atoms with van der Waals surface area (Å²) in [5, 5.41) is 9.24. The quantitative estimate of drug-likeness (QED) is 0.781. The van der Waals surface area contributed by atoms with E-state index < -0.39 is 10.0 Å². The summed E-state index contributed by atoms with van der Waals surface area (Å²) in [6.07, 6.45) is 2.91. The van der Waals surface area contributed by atoms with Crippen LogP contribution >= 0.6 is 0 Å². The highest BCUT2D eigenvalue weighted by molar-refractivity contribution is 7.89. The number of hydrogen-bond donors (Lipinski definition) is 0. The number of hydrogen-bond acceptors (Lipinski definition) is 4. The number of fused-ring (bicyclic) bond motifs is 1. The number of nitrogens with zero attached hydrogens (tertiary/aromatic N) is 3. The fourth-order valence-electron chi connectivity index (χ4n) is 4.25. The largest absolute Gasteiger partial charge is 0.312 e. The fourth-order valence-corrected chi connectivity index (χ4v) is 5.86. The zero-order valence-electron chi connectivity index (χ0n) is 16.1. The molecule has 2 aromatic carbocycles. The molecule has 1 amide bonds. The number of piperidine rings is 1. The van der Waals surface area contributed by atoms with Crippen molar-refractivity contribution in [1.82, 2.24) is 4.31 Å². The number of nitriles is 1. The van der Waals surface area contributed by atoms with Gasteiger partial charge in [0, 0.05) is 31.2 Å². The van der Waals surface area contributed by atoms with Crippen LogP contribution in [0.2, 0.25) is 0 Å². The summed E-state index contributed by atoms with van der Waals surface area (Å²) < 4.78 is 27.4. The van der Waals surface area contributed by atoms with Crippen molar-refractivity contribution < 1.29 is 13.2 Å². The van der Waals surface area contributed by atoms with E-state index in [1.165, 1.54) is 22.0 Å². The van der Waals surface area contributed by atoms with Gasteiger partial charge in [-0.25, -0.2) is 8.42 Å². The van der Waals surface area contributed by atoms with E-state index in [-0.39, 0.29) is 35.4 Å². The lowest BCUT2D eigenvalue weighted by molar-refractivity contribution is -0.123. The lowest BCUT2D eigenvalue weighted by atomic mass is 9.94. The molecule has 2 aliphatic heterocycles. The van der Waals surface area contributed by atoms with Crippen molar-refractivity contribution in [2.24, 2.45) is 5.92 Å². The molecule has 1 fully saturated rings. The number of sulfonamides is 1. The Morgan fingerprint density at radius 1 is 1.00 bits per heavy atom. The molecule has 4 rings (SSSR count). The normalized spacial score (nSPS) is 18.1. The Morgan fingerprint density at radius 2 is 1.69 bits per heavy atom. The van der Waals surface area contributed by atoms with E-state index >= 15 is 0 Å². The van der Waals surface area contributed by atoms with Crippen LogP contribution in [0.25, 0.3) is 0 Å². The first kappa shape index (κ1) is 19.6. The fraction of sp³-hybridized carbons (Fsp3) is 0.364. The van der Waals surface area contributed by atoms with Gasteiger partial charge in [0.1, 0.15) is 6.07 Å². The first-order valence-corrected chi connectivity index (χ1v) is 11.3. The second-order valence-electron chi connectivity index (χ2n) is 7.51. The summed E-state index contributed by atoms with van der Waals surface area (Å²) in [6.45, 7) is 1.28. The first-order chi connectivity index (χ1) is 14.0. The van der Waals surface area contributed by atoms with Gasteiger partial charge in [-0.3, -0.25) is 4.79 Å².